The molecule has 43 heavy (non-hydrogen) atoms. The molecule has 0 N–H and O–H groups in total. The van der Waals surface area contributed by atoms with Crippen LogP contribution in [0.25, 0.3) is 44.8 Å². The number of fused-ring (bicyclic) bond motifs is 3. The van der Waals surface area contributed by atoms with E-state index in [0.29, 0.717) is 36.3 Å². The highest BCUT2D eigenvalue weighted by Crippen LogP contribution is 2.40. The van der Waals surface area contributed by atoms with Gasteiger partial charge in [0.2, 0.25) is 4.96 Å². The fourth-order valence-electron chi connectivity index (χ4n) is 5.59. The number of aromatic nitrogens is 3. The summed E-state index contributed by atoms with van der Waals surface area (Å²) in [4.78, 5) is 37.9. The van der Waals surface area contributed by atoms with Gasteiger partial charge in [-0.1, -0.05) is 70.9 Å². The number of hydrogen-bond donors (Lipinski definition) is 0. The maximum Gasteiger partial charge on any atom is 0.277 e. The first-order valence-corrected chi connectivity index (χ1v) is 15.3. The third-order valence-electron chi connectivity index (χ3n) is 7.64. The van der Waals surface area contributed by atoms with Crippen molar-refractivity contribution in [2.24, 2.45) is 0 Å². The highest BCUT2D eigenvalue weighted by Gasteiger charge is 2.26. The second-order valence-corrected chi connectivity index (χ2v) is 12.2. The van der Waals surface area contributed by atoms with Crippen molar-refractivity contribution in [2.75, 3.05) is 7.11 Å². The van der Waals surface area contributed by atoms with E-state index >= 15 is 0 Å². The molecule has 1 aliphatic rings. The van der Waals surface area contributed by atoms with Crippen LogP contribution >= 0.6 is 34.5 Å². The average molecular weight is 625 g/mol. The highest BCUT2D eigenvalue weighted by atomic mass is 35.5. The van der Waals surface area contributed by atoms with Crippen molar-refractivity contribution in [3.8, 4) is 16.9 Å². The number of rotatable bonds is 4. The molecule has 6 aromatic rings. The molecule has 0 spiro atoms. The summed E-state index contributed by atoms with van der Waals surface area (Å²) in [5, 5.41) is 1.60. The largest absolute Gasteiger partial charge is 0.497 e. The lowest BCUT2D eigenvalue weighted by Gasteiger charge is -2.23. The molecule has 0 aliphatic heterocycles. The monoisotopic (exact) mass is 623 g/mol. The van der Waals surface area contributed by atoms with Gasteiger partial charge in [0.15, 0.2) is 5.65 Å². The zero-order chi connectivity index (χ0) is 29.7. The summed E-state index contributed by atoms with van der Waals surface area (Å²) in [7, 11) is 1.60. The smallest absolute Gasteiger partial charge is 0.277 e. The van der Waals surface area contributed by atoms with Gasteiger partial charge >= 0.3 is 0 Å². The van der Waals surface area contributed by atoms with E-state index in [4.69, 9.17) is 37.9 Å². The Morgan fingerprint density at radius 1 is 0.814 bits per heavy atom. The van der Waals surface area contributed by atoms with Gasteiger partial charge in [0.1, 0.15) is 5.75 Å². The average Bonchev–Trinajstić information content (AvgIpc) is 3.33. The predicted molar refractivity (Wildman–Crippen MR) is 175 cm³/mol. The van der Waals surface area contributed by atoms with Crippen molar-refractivity contribution in [1.82, 2.24) is 14.4 Å². The molecule has 9 heteroatoms. The van der Waals surface area contributed by atoms with Gasteiger partial charge in [-0.25, -0.2) is 9.38 Å². The number of hydrogen-bond acceptors (Lipinski definition) is 6. The van der Waals surface area contributed by atoms with E-state index in [1.807, 2.05) is 60.7 Å². The first-order chi connectivity index (χ1) is 20.9. The number of ether oxygens (including phenoxy) is 1. The molecule has 0 unspecified atom stereocenters. The van der Waals surface area contributed by atoms with Crippen LogP contribution in [0.4, 0.5) is 0 Å². The molecule has 0 fully saturated rings. The van der Waals surface area contributed by atoms with Crippen LogP contribution in [0, 0.1) is 0 Å². The van der Waals surface area contributed by atoms with E-state index in [9.17, 15) is 9.59 Å². The van der Waals surface area contributed by atoms with Crippen LogP contribution in [-0.4, -0.2) is 21.5 Å². The summed E-state index contributed by atoms with van der Waals surface area (Å²) < 4.78 is 6.82. The van der Waals surface area contributed by atoms with E-state index in [-0.39, 0.29) is 0 Å². The maximum atomic E-state index is 14.2. The Morgan fingerprint density at radius 2 is 1.47 bits per heavy atom. The van der Waals surface area contributed by atoms with Crippen molar-refractivity contribution in [3.05, 3.63) is 130 Å². The summed E-state index contributed by atoms with van der Waals surface area (Å²) >= 11 is 13.5. The fourth-order valence-corrected chi connectivity index (χ4v) is 6.81. The summed E-state index contributed by atoms with van der Waals surface area (Å²) in [5.74, 6) is 0.717. The predicted octanol–water partition coefficient (Wildman–Crippen LogP) is 7.07. The lowest BCUT2D eigenvalue weighted by Crippen LogP contribution is -2.31. The summed E-state index contributed by atoms with van der Waals surface area (Å²) in [6, 6.07) is 22.4. The molecule has 3 heterocycles. The minimum atomic E-state index is -0.426. The molecule has 0 saturated heterocycles. The van der Waals surface area contributed by atoms with Crippen LogP contribution in [0.5, 0.6) is 5.75 Å². The van der Waals surface area contributed by atoms with Gasteiger partial charge in [0, 0.05) is 15.6 Å². The van der Waals surface area contributed by atoms with Crippen molar-refractivity contribution in [2.45, 2.75) is 19.3 Å². The first-order valence-electron chi connectivity index (χ1n) is 13.7. The summed E-state index contributed by atoms with van der Waals surface area (Å²) in [5.41, 5.74) is 5.73. The van der Waals surface area contributed by atoms with Crippen LogP contribution in [-0.2, 0) is 6.42 Å². The molecule has 0 bridgehead atoms. The van der Waals surface area contributed by atoms with Crippen LogP contribution in [0.15, 0.2) is 82.4 Å². The molecule has 0 atom stereocenters. The van der Waals surface area contributed by atoms with Crippen LogP contribution < -0.4 is 20.4 Å². The molecule has 6 nitrogen and oxygen atoms in total. The first kappa shape index (κ1) is 27.5. The number of allylic oxidation sites excluding steroid dienone is 1. The minimum absolute atomic E-state index is 0.302. The van der Waals surface area contributed by atoms with E-state index < -0.39 is 11.1 Å². The third-order valence-corrected chi connectivity index (χ3v) is 9.11. The standard InChI is InChI=1S/C34H23Cl2N3O3S/c1-42-25-15-7-20(8-16-25)18-27-32(40)39-33(41)29-28(21-9-13-24(36)14-10-21)26-4-2-3-22(17-19-5-11-23(35)12-6-19)30(26)37-31(29)38-34(39)43-27/h5-18H,2-4H2,1H3/b22-17-,27-18-. The van der Waals surface area contributed by atoms with E-state index in [1.165, 1.54) is 15.7 Å². The maximum absolute atomic E-state index is 14.2. The van der Waals surface area contributed by atoms with Gasteiger partial charge < -0.3 is 4.74 Å². The Labute approximate surface area is 260 Å². The Hall–Kier alpha value is -4.30. The Balaban J connectivity index is 1.52. The lowest BCUT2D eigenvalue weighted by atomic mass is 9.84. The SMILES string of the molecule is COc1ccc(/C=c2\sc3nc4nc5c(c(-c6ccc(Cl)cc6)c4c(=O)n3c2=O)CCC/C5=C/c2ccc(Cl)cc2)cc1. The minimum Gasteiger partial charge on any atom is -0.497 e. The van der Waals surface area contributed by atoms with Crippen molar-refractivity contribution in [3.63, 3.8) is 0 Å². The van der Waals surface area contributed by atoms with Gasteiger partial charge in [0.25, 0.3) is 11.1 Å². The molecule has 212 valence electrons. The second-order valence-electron chi connectivity index (χ2n) is 10.3. The Morgan fingerprint density at radius 3 is 2.16 bits per heavy atom. The molecule has 0 radical (unpaired) electrons. The second kappa shape index (κ2) is 11.1. The van der Waals surface area contributed by atoms with E-state index in [2.05, 4.69) is 6.08 Å². The van der Waals surface area contributed by atoms with E-state index in [1.54, 1.807) is 25.3 Å². The molecule has 3 aromatic carbocycles. The number of halogens is 2. The highest BCUT2D eigenvalue weighted by molar-refractivity contribution is 7.15. The molecular weight excluding hydrogens is 601 g/mol. The van der Waals surface area contributed by atoms with Gasteiger partial charge in [-0.05, 0) is 95.6 Å². The van der Waals surface area contributed by atoms with Gasteiger partial charge in [-0.3, -0.25) is 9.59 Å². The van der Waals surface area contributed by atoms with Gasteiger partial charge in [0.05, 0.1) is 22.7 Å². The Bertz CT molecular complexity index is 2240. The molecule has 3 aromatic heterocycles. The third kappa shape index (κ3) is 5.03. The number of thiazole rings is 1. The molecule has 7 rings (SSSR count). The zero-order valence-corrected chi connectivity index (χ0v) is 25.3. The molecule has 1 aliphatic carbocycles. The molecule has 0 saturated carbocycles. The number of nitrogens with zero attached hydrogens (tertiary/aromatic N) is 3. The topological polar surface area (TPSA) is 73.6 Å². The number of benzene rings is 3. The van der Waals surface area contributed by atoms with Crippen LogP contribution in [0.2, 0.25) is 10.0 Å². The fraction of sp³-hybridized carbons (Fsp3) is 0.118. The summed E-state index contributed by atoms with van der Waals surface area (Å²) in [6.07, 6.45) is 6.34. The molecule has 0 amide bonds. The van der Waals surface area contributed by atoms with E-state index in [0.717, 1.165) is 58.3 Å². The van der Waals surface area contributed by atoms with Crippen LogP contribution in [0.1, 0.15) is 35.2 Å². The van der Waals surface area contributed by atoms with Crippen LogP contribution in [0.3, 0.4) is 0 Å². The van der Waals surface area contributed by atoms with Crippen molar-refractivity contribution >= 4 is 68.3 Å². The summed E-state index contributed by atoms with van der Waals surface area (Å²) in [6.45, 7) is 0. The number of methoxy groups -OCH3 is 1. The normalized spacial score (nSPS) is 14.5. The van der Waals surface area contributed by atoms with Gasteiger partial charge in [-0.15, -0.1) is 0 Å². The van der Waals surface area contributed by atoms with Gasteiger partial charge in [-0.2, -0.15) is 4.98 Å². The molecular formula is C34H23Cl2N3O3S. The quantitative estimate of drug-likeness (QED) is 0.210. The van der Waals surface area contributed by atoms with Crippen molar-refractivity contribution in [1.29, 1.82) is 0 Å². The zero-order valence-electron chi connectivity index (χ0n) is 22.9. The Kier molecular flexibility index (Phi) is 7.09. The lowest BCUT2D eigenvalue weighted by molar-refractivity contribution is 0.415. The number of pyridine rings is 1. The van der Waals surface area contributed by atoms with Crippen molar-refractivity contribution < 1.29 is 4.74 Å².